The van der Waals surface area contributed by atoms with Crippen LogP contribution in [0.2, 0.25) is 0 Å². The normalized spacial score (nSPS) is 19.8. The van der Waals surface area contributed by atoms with E-state index in [4.69, 9.17) is 10.00 Å². The van der Waals surface area contributed by atoms with Gasteiger partial charge in [-0.2, -0.15) is 5.26 Å². The molecule has 0 bridgehead atoms. The van der Waals surface area contributed by atoms with E-state index in [0.717, 1.165) is 52.4 Å². The summed E-state index contributed by atoms with van der Waals surface area (Å²) in [6.07, 6.45) is 2.33. The first kappa shape index (κ1) is 20.8. The second-order valence-corrected chi connectivity index (χ2v) is 7.54. The van der Waals surface area contributed by atoms with Crippen molar-refractivity contribution in [1.29, 1.82) is 5.26 Å². The third-order valence-corrected chi connectivity index (χ3v) is 3.86. The number of Topliss-reactive ketones (excluding diaryl/α,β-unsaturated/α-hetero) is 1. The Morgan fingerprint density at radius 2 is 1.62 bits per heavy atom. The van der Waals surface area contributed by atoms with Gasteiger partial charge in [-0.15, -0.1) is 0 Å². The fraction of sp³-hybridized carbons (Fsp3) is 0.882. The fourth-order valence-electron chi connectivity index (χ4n) is 2.71. The molecular formula is C17H33N5O2. The number of hydrogen-bond acceptors (Lipinski definition) is 7. The van der Waals surface area contributed by atoms with E-state index >= 15 is 0 Å². The van der Waals surface area contributed by atoms with Gasteiger partial charge in [-0.3, -0.25) is 14.6 Å². The quantitative estimate of drug-likeness (QED) is 0.695. The molecule has 2 N–H and O–H groups in total. The number of ketones is 1. The van der Waals surface area contributed by atoms with Crippen molar-refractivity contribution in [2.75, 3.05) is 65.6 Å². The van der Waals surface area contributed by atoms with Gasteiger partial charge in [0.25, 0.3) is 6.26 Å². The molecule has 1 saturated heterocycles. The van der Waals surface area contributed by atoms with Crippen LogP contribution in [0.3, 0.4) is 0 Å². The van der Waals surface area contributed by atoms with Crippen molar-refractivity contribution >= 4 is 5.78 Å². The maximum Gasteiger partial charge on any atom is 0.287 e. The lowest BCUT2D eigenvalue weighted by Gasteiger charge is -2.28. The Morgan fingerprint density at radius 3 is 2.21 bits per heavy atom. The van der Waals surface area contributed by atoms with Crippen molar-refractivity contribution in [3.63, 3.8) is 0 Å². The number of nitrogens with zero attached hydrogens (tertiary/aromatic N) is 3. The number of carbonyl (C=O) groups is 1. The average Bonchev–Trinajstić information content (AvgIpc) is 2.47. The molecule has 1 rings (SSSR count). The second-order valence-electron chi connectivity index (χ2n) is 7.54. The molecule has 7 nitrogen and oxygen atoms in total. The number of carbonyl (C=O) groups excluding carboxylic acids is 1. The summed E-state index contributed by atoms with van der Waals surface area (Å²) in [5, 5.41) is 15.4. The first-order chi connectivity index (χ1) is 11.4. The third kappa shape index (κ3) is 10.6. The smallest absolute Gasteiger partial charge is 0.287 e. The highest BCUT2D eigenvalue weighted by molar-refractivity contribution is 5.81. The molecule has 0 aromatic heterocycles. The molecule has 0 aliphatic carbocycles. The Labute approximate surface area is 146 Å². The van der Waals surface area contributed by atoms with Crippen molar-refractivity contribution < 1.29 is 9.53 Å². The monoisotopic (exact) mass is 339 g/mol. The third-order valence-electron chi connectivity index (χ3n) is 3.86. The van der Waals surface area contributed by atoms with Crippen molar-refractivity contribution in [3.05, 3.63) is 0 Å². The van der Waals surface area contributed by atoms with E-state index in [1.165, 1.54) is 0 Å². The van der Waals surface area contributed by atoms with Crippen molar-refractivity contribution in [1.82, 2.24) is 20.4 Å². The molecule has 1 aliphatic heterocycles. The van der Waals surface area contributed by atoms with Crippen LogP contribution in [0.25, 0.3) is 0 Å². The minimum Gasteiger partial charge on any atom is -0.411 e. The van der Waals surface area contributed by atoms with Crippen LogP contribution in [0.15, 0.2) is 0 Å². The van der Waals surface area contributed by atoms with E-state index in [2.05, 4.69) is 41.2 Å². The van der Waals surface area contributed by atoms with E-state index < -0.39 is 0 Å². The Kier molecular flexibility index (Phi) is 9.88. The van der Waals surface area contributed by atoms with Gasteiger partial charge in [0.05, 0.1) is 6.54 Å². The lowest BCUT2D eigenvalue weighted by atomic mass is 9.90. The number of rotatable bonds is 5. The highest BCUT2D eigenvalue weighted by atomic mass is 16.5. The summed E-state index contributed by atoms with van der Waals surface area (Å²) in [5.74, 6) is 0.288. The largest absolute Gasteiger partial charge is 0.411 e. The minimum atomic E-state index is 0.0280. The second kappa shape index (κ2) is 11.4. The van der Waals surface area contributed by atoms with Gasteiger partial charge in [-0.1, -0.05) is 20.8 Å². The molecule has 1 fully saturated rings. The summed E-state index contributed by atoms with van der Waals surface area (Å²) in [6.45, 7) is 13.9. The van der Waals surface area contributed by atoms with E-state index in [1.54, 1.807) is 6.26 Å². The Bertz CT molecular complexity index is 403. The number of hydrogen-bond donors (Lipinski definition) is 2. The van der Waals surface area contributed by atoms with Gasteiger partial charge in [0.1, 0.15) is 5.78 Å². The highest BCUT2D eigenvalue weighted by Gasteiger charge is 2.19. The summed E-state index contributed by atoms with van der Waals surface area (Å²) in [5.41, 5.74) is 0.0280. The molecule has 138 valence electrons. The van der Waals surface area contributed by atoms with Gasteiger partial charge in [0.15, 0.2) is 6.73 Å². The summed E-state index contributed by atoms with van der Waals surface area (Å²) < 4.78 is 4.89. The number of nitrogens with one attached hydrogen (secondary N) is 2. The number of nitriles is 1. The maximum absolute atomic E-state index is 12.3. The van der Waals surface area contributed by atoms with Crippen molar-refractivity contribution in [3.8, 4) is 6.26 Å². The van der Waals surface area contributed by atoms with E-state index in [-0.39, 0.29) is 11.2 Å². The molecular weight excluding hydrogens is 306 g/mol. The molecule has 0 amide bonds. The van der Waals surface area contributed by atoms with Crippen LogP contribution in [0, 0.1) is 16.9 Å². The lowest BCUT2D eigenvalue weighted by Crippen LogP contribution is -2.45. The van der Waals surface area contributed by atoms with Crippen LogP contribution in [-0.2, 0) is 9.53 Å². The van der Waals surface area contributed by atoms with Gasteiger partial charge in [-0.05, 0) is 5.41 Å². The first-order valence-corrected chi connectivity index (χ1v) is 8.79. The molecule has 0 aromatic rings. The molecule has 24 heavy (non-hydrogen) atoms. The van der Waals surface area contributed by atoms with Crippen molar-refractivity contribution in [2.24, 2.45) is 5.41 Å². The Balaban J connectivity index is 2.55. The molecule has 1 aliphatic rings. The van der Waals surface area contributed by atoms with Crippen LogP contribution in [0.1, 0.15) is 27.2 Å². The zero-order valence-corrected chi connectivity index (χ0v) is 15.4. The van der Waals surface area contributed by atoms with Gasteiger partial charge in [0, 0.05) is 58.8 Å². The summed E-state index contributed by atoms with van der Waals surface area (Å²) in [7, 11) is 0. The van der Waals surface area contributed by atoms with Gasteiger partial charge in [-0.25, -0.2) is 0 Å². The molecule has 0 atom stereocenters. The Morgan fingerprint density at radius 1 is 1.04 bits per heavy atom. The SMILES string of the molecule is CC(C)(C)CC(=O)CN1CCNCCNCCN(COC#N)CC1. The van der Waals surface area contributed by atoms with Gasteiger partial charge < -0.3 is 15.4 Å². The molecule has 1 heterocycles. The maximum atomic E-state index is 12.3. The summed E-state index contributed by atoms with van der Waals surface area (Å²) in [4.78, 5) is 16.6. The van der Waals surface area contributed by atoms with Gasteiger partial charge in [0.2, 0.25) is 0 Å². The first-order valence-electron chi connectivity index (χ1n) is 8.79. The molecule has 0 saturated carbocycles. The summed E-state index contributed by atoms with van der Waals surface area (Å²) in [6, 6.07) is 0. The molecule has 7 heteroatoms. The predicted octanol–water partition coefficient (Wildman–Crippen LogP) is 0.244. The van der Waals surface area contributed by atoms with Crippen LogP contribution in [0.4, 0.5) is 0 Å². The van der Waals surface area contributed by atoms with Crippen LogP contribution in [0.5, 0.6) is 0 Å². The van der Waals surface area contributed by atoms with E-state index in [0.29, 0.717) is 19.7 Å². The zero-order chi connectivity index (χ0) is 17.8. The summed E-state index contributed by atoms with van der Waals surface area (Å²) >= 11 is 0. The van der Waals surface area contributed by atoms with Crippen molar-refractivity contribution in [2.45, 2.75) is 27.2 Å². The standard InChI is InChI=1S/C17H33N5O2/c1-17(2,3)12-16(23)13-21-8-6-19-4-5-20-7-9-22(11-10-21)15-24-14-18/h19-20H,4-13,15H2,1-3H3. The van der Waals surface area contributed by atoms with Crippen LogP contribution < -0.4 is 10.6 Å². The lowest BCUT2D eigenvalue weighted by molar-refractivity contribution is -0.122. The van der Waals surface area contributed by atoms with E-state index in [9.17, 15) is 4.79 Å². The number of ether oxygens (including phenoxy) is 1. The van der Waals surface area contributed by atoms with Crippen LogP contribution in [-0.4, -0.2) is 81.2 Å². The van der Waals surface area contributed by atoms with Gasteiger partial charge >= 0.3 is 0 Å². The predicted molar refractivity (Wildman–Crippen MR) is 94.4 cm³/mol. The average molecular weight is 339 g/mol. The molecule has 0 aromatic carbocycles. The van der Waals surface area contributed by atoms with E-state index in [1.807, 2.05) is 0 Å². The zero-order valence-electron chi connectivity index (χ0n) is 15.4. The minimum absolute atomic E-state index is 0.0280. The highest BCUT2D eigenvalue weighted by Crippen LogP contribution is 2.18. The molecule has 0 spiro atoms. The topological polar surface area (TPSA) is 80.6 Å². The molecule has 0 unspecified atom stereocenters. The van der Waals surface area contributed by atoms with Crippen LogP contribution >= 0.6 is 0 Å². The fourth-order valence-corrected chi connectivity index (χ4v) is 2.71. The Hall–Kier alpha value is -1.20. The molecule has 0 radical (unpaired) electrons.